The first kappa shape index (κ1) is 33.5. The molecule has 0 aromatic heterocycles. The third kappa shape index (κ3) is 9.76. The summed E-state index contributed by atoms with van der Waals surface area (Å²) in [5.41, 5.74) is 0.348. The molecule has 232 valence electrons. The Kier molecular flexibility index (Phi) is 13.1. The van der Waals surface area contributed by atoms with E-state index in [1.165, 1.54) is 56.4 Å². The second-order valence-corrected chi connectivity index (χ2v) is 11.4. The second kappa shape index (κ2) is 16.0. The molecule has 5 atom stereocenters. The first-order valence-electron chi connectivity index (χ1n) is 14.8. The molecule has 0 aliphatic carbocycles. The van der Waals surface area contributed by atoms with Crippen LogP contribution in [0.3, 0.4) is 0 Å². The number of anilines is 1. The lowest BCUT2D eigenvalue weighted by atomic mass is 10.0. The van der Waals surface area contributed by atoms with Crippen molar-refractivity contribution >= 4 is 29.9 Å². The number of fused-ring (bicyclic) bond motifs is 1. The molecule has 1 aromatic carbocycles. The predicted octanol–water partition coefficient (Wildman–Crippen LogP) is 6.04. The quantitative estimate of drug-likeness (QED) is 0.164. The molecule has 0 spiro atoms. The molecule has 3 aliphatic rings. The number of nitrogens with zero attached hydrogens (tertiary/aromatic N) is 2. The highest BCUT2D eigenvalue weighted by Gasteiger charge is 2.58. The molecule has 41 heavy (non-hydrogen) atoms. The molecular weight excluding hydrogens is 554 g/mol. The smallest absolute Gasteiger partial charge is 0.412 e. The standard InChI is InChI=1S/C29H45N3O8.ClH/c1-4-5-6-9-12-19-36-27-26-25(39-29(2,3)40-26)24(38-27)23(20-31-17-10-7-8-11-18-31)37-28(33)30-21-13-15-22(16-14-21)32(34)35;/h13-16,23-27H,4-12,17-20H2,1-3H3,(H,30,33);1H/t23-,24-,25+,26+,27+;/m1./s1. The molecule has 3 heterocycles. The fraction of sp³-hybridized carbons (Fsp3) is 0.759. The van der Waals surface area contributed by atoms with Crippen LogP contribution in [-0.2, 0) is 23.7 Å². The minimum Gasteiger partial charge on any atom is -0.442 e. The third-order valence-electron chi connectivity index (χ3n) is 7.66. The molecule has 11 nitrogen and oxygen atoms in total. The Morgan fingerprint density at radius 1 is 1.07 bits per heavy atom. The summed E-state index contributed by atoms with van der Waals surface area (Å²) >= 11 is 0. The summed E-state index contributed by atoms with van der Waals surface area (Å²) in [5, 5.41) is 13.7. The molecule has 0 saturated carbocycles. The first-order chi connectivity index (χ1) is 19.3. The maximum Gasteiger partial charge on any atom is 0.412 e. The van der Waals surface area contributed by atoms with Crippen LogP contribution in [0.5, 0.6) is 0 Å². The zero-order valence-corrected chi connectivity index (χ0v) is 25.3. The van der Waals surface area contributed by atoms with Crippen LogP contribution in [0.2, 0.25) is 0 Å². The molecule has 1 amide bonds. The molecule has 3 fully saturated rings. The molecular formula is C29H46ClN3O8. The molecule has 0 bridgehead atoms. The van der Waals surface area contributed by atoms with Gasteiger partial charge in [0.2, 0.25) is 0 Å². The Morgan fingerprint density at radius 2 is 1.73 bits per heavy atom. The van der Waals surface area contributed by atoms with Gasteiger partial charge in [0.15, 0.2) is 12.1 Å². The van der Waals surface area contributed by atoms with Crippen LogP contribution in [0.4, 0.5) is 16.2 Å². The Bertz CT molecular complexity index is 958. The van der Waals surface area contributed by atoms with Crippen molar-refractivity contribution in [3.05, 3.63) is 34.4 Å². The van der Waals surface area contributed by atoms with Gasteiger partial charge in [-0.25, -0.2) is 4.79 Å². The number of hydrogen-bond acceptors (Lipinski definition) is 9. The van der Waals surface area contributed by atoms with E-state index in [9.17, 15) is 14.9 Å². The topological polar surface area (TPSA) is 122 Å². The van der Waals surface area contributed by atoms with Gasteiger partial charge in [0, 0.05) is 31.0 Å². The van der Waals surface area contributed by atoms with Crippen molar-refractivity contribution in [3.8, 4) is 0 Å². The Morgan fingerprint density at radius 3 is 2.39 bits per heavy atom. The van der Waals surface area contributed by atoms with Crippen LogP contribution >= 0.6 is 12.4 Å². The Labute approximate surface area is 249 Å². The van der Waals surface area contributed by atoms with E-state index in [1.807, 2.05) is 13.8 Å². The molecule has 4 rings (SSSR count). The number of rotatable bonds is 13. The number of ether oxygens (including phenoxy) is 5. The lowest BCUT2D eigenvalue weighted by molar-refractivity contribution is -0.384. The van der Waals surface area contributed by atoms with E-state index in [-0.39, 0.29) is 18.1 Å². The zero-order chi connectivity index (χ0) is 28.5. The Hall–Kier alpha value is -2.02. The maximum absolute atomic E-state index is 13.1. The van der Waals surface area contributed by atoms with Gasteiger partial charge in [0.1, 0.15) is 24.4 Å². The van der Waals surface area contributed by atoms with E-state index < -0.39 is 47.5 Å². The summed E-state index contributed by atoms with van der Waals surface area (Å²) in [4.78, 5) is 25.9. The zero-order valence-electron chi connectivity index (χ0n) is 24.5. The third-order valence-corrected chi connectivity index (χ3v) is 7.66. The molecule has 1 aromatic rings. The lowest BCUT2D eigenvalue weighted by Crippen LogP contribution is -2.48. The van der Waals surface area contributed by atoms with Gasteiger partial charge < -0.3 is 23.7 Å². The fourth-order valence-electron chi connectivity index (χ4n) is 5.66. The molecule has 1 N–H and O–H groups in total. The number of nitro groups is 1. The van der Waals surface area contributed by atoms with Gasteiger partial charge in [-0.05, 0) is 58.3 Å². The SMILES string of the molecule is CCCCCCCO[C@H]1O[C@H]([C@@H](CN2CCCCCC2)OC(=O)Nc2ccc([N+](=O)[O-])cc2)[C@@H]2OC(C)(C)O[C@H]12.Cl. The van der Waals surface area contributed by atoms with Crippen LogP contribution < -0.4 is 5.32 Å². The number of non-ortho nitro benzene ring substituents is 1. The average Bonchev–Trinajstić information content (AvgIpc) is 3.26. The molecule has 12 heteroatoms. The lowest BCUT2D eigenvalue weighted by Gasteiger charge is -2.32. The van der Waals surface area contributed by atoms with Crippen LogP contribution in [0.1, 0.15) is 78.6 Å². The van der Waals surface area contributed by atoms with E-state index >= 15 is 0 Å². The van der Waals surface area contributed by atoms with Crippen molar-refractivity contribution in [1.29, 1.82) is 0 Å². The maximum atomic E-state index is 13.1. The van der Waals surface area contributed by atoms with Crippen molar-refractivity contribution in [1.82, 2.24) is 4.90 Å². The minimum atomic E-state index is -0.811. The van der Waals surface area contributed by atoms with Crippen molar-refractivity contribution in [3.63, 3.8) is 0 Å². The normalized spacial score (nSPS) is 26.4. The first-order valence-corrected chi connectivity index (χ1v) is 14.8. The summed E-state index contributed by atoms with van der Waals surface area (Å²) in [6.45, 7) is 8.84. The second-order valence-electron chi connectivity index (χ2n) is 11.4. The number of carbonyl (C=O) groups is 1. The largest absolute Gasteiger partial charge is 0.442 e. The molecule has 0 radical (unpaired) electrons. The summed E-state index contributed by atoms with van der Waals surface area (Å²) < 4.78 is 31.1. The van der Waals surface area contributed by atoms with Gasteiger partial charge in [-0.15, -0.1) is 12.4 Å². The van der Waals surface area contributed by atoms with Gasteiger partial charge in [0.25, 0.3) is 5.69 Å². The van der Waals surface area contributed by atoms with Gasteiger partial charge in [-0.3, -0.25) is 20.3 Å². The van der Waals surface area contributed by atoms with Crippen molar-refractivity contribution in [2.24, 2.45) is 0 Å². The monoisotopic (exact) mass is 599 g/mol. The summed E-state index contributed by atoms with van der Waals surface area (Å²) in [6, 6.07) is 5.63. The van der Waals surface area contributed by atoms with Gasteiger partial charge >= 0.3 is 6.09 Å². The number of carbonyl (C=O) groups excluding carboxylic acids is 1. The van der Waals surface area contributed by atoms with E-state index in [4.69, 9.17) is 23.7 Å². The molecule has 3 saturated heterocycles. The molecule has 3 aliphatic heterocycles. The highest BCUT2D eigenvalue weighted by molar-refractivity contribution is 5.85. The van der Waals surface area contributed by atoms with Gasteiger partial charge in [0.05, 0.1) is 4.92 Å². The number of nitrogens with one attached hydrogen (secondary N) is 1. The van der Waals surface area contributed by atoms with Gasteiger partial charge in [-0.2, -0.15) is 0 Å². The summed E-state index contributed by atoms with van der Waals surface area (Å²) in [7, 11) is 0. The van der Waals surface area contributed by atoms with E-state index in [1.54, 1.807) is 0 Å². The van der Waals surface area contributed by atoms with Crippen LogP contribution in [0.25, 0.3) is 0 Å². The van der Waals surface area contributed by atoms with Crippen molar-refractivity contribution < 1.29 is 33.4 Å². The van der Waals surface area contributed by atoms with Crippen LogP contribution in [0, 0.1) is 10.1 Å². The summed E-state index contributed by atoms with van der Waals surface area (Å²) in [6.07, 6.45) is 6.82. The van der Waals surface area contributed by atoms with Crippen molar-refractivity contribution in [2.45, 2.75) is 115 Å². The number of amides is 1. The fourth-order valence-corrected chi connectivity index (χ4v) is 5.66. The number of hydrogen-bond donors (Lipinski definition) is 1. The van der Waals surface area contributed by atoms with E-state index in [2.05, 4.69) is 17.1 Å². The summed E-state index contributed by atoms with van der Waals surface area (Å²) in [5.74, 6) is -0.811. The highest BCUT2D eigenvalue weighted by atomic mass is 35.5. The number of nitro benzene ring substituents is 1. The van der Waals surface area contributed by atoms with Crippen molar-refractivity contribution in [2.75, 3.05) is 31.6 Å². The Balaban J connectivity index is 0.00000462. The van der Waals surface area contributed by atoms with E-state index in [0.29, 0.717) is 18.8 Å². The number of benzene rings is 1. The number of halogens is 1. The number of likely N-dealkylation sites (tertiary alicyclic amines) is 1. The molecule has 0 unspecified atom stereocenters. The highest BCUT2D eigenvalue weighted by Crippen LogP contribution is 2.41. The predicted molar refractivity (Wildman–Crippen MR) is 156 cm³/mol. The van der Waals surface area contributed by atoms with Crippen LogP contribution in [-0.4, -0.2) is 78.7 Å². The average molecular weight is 600 g/mol. The van der Waals surface area contributed by atoms with Crippen LogP contribution in [0.15, 0.2) is 24.3 Å². The van der Waals surface area contributed by atoms with E-state index in [0.717, 1.165) is 38.8 Å². The number of unbranched alkanes of at least 4 members (excludes halogenated alkanes) is 4. The minimum absolute atomic E-state index is 0. The van der Waals surface area contributed by atoms with Gasteiger partial charge in [-0.1, -0.05) is 45.4 Å².